The molecule has 0 aliphatic heterocycles. The van der Waals surface area contributed by atoms with E-state index in [1.165, 1.54) is 0 Å². The van der Waals surface area contributed by atoms with Crippen LogP contribution in [0.5, 0.6) is 0 Å². The van der Waals surface area contributed by atoms with Gasteiger partial charge in [-0.1, -0.05) is 15.9 Å². The van der Waals surface area contributed by atoms with E-state index in [0.717, 1.165) is 5.33 Å². The Morgan fingerprint density at radius 1 is 1.57 bits per heavy atom. The summed E-state index contributed by atoms with van der Waals surface area (Å²) in [5, 5.41) is 17.5. The van der Waals surface area contributed by atoms with E-state index >= 15 is 0 Å². The molecule has 44 valence electrons. The van der Waals surface area contributed by atoms with Crippen LogP contribution in [0.25, 0.3) is 0 Å². The molecule has 3 heteroatoms. The van der Waals surface area contributed by atoms with E-state index in [-0.39, 0.29) is 6.61 Å². The maximum atomic E-state index is 8.58. The van der Waals surface area contributed by atoms with Crippen molar-refractivity contribution in [3.8, 4) is 0 Å². The monoisotopic (exact) mass is 168 g/mol. The van der Waals surface area contributed by atoms with Gasteiger partial charge in [0.15, 0.2) is 0 Å². The van der Waals surface area contributed by atoms with Gasteiger partial charge in [0.25, 0.3) is 0 Å². The molecule has 0 spiro atoms. The summed E-state index contributed by atoms with van der Waals surface area (Å²) in [5.41, 5.74) is 0. The van der Waals surface area contributed by atoms with Crippen LogP contribution in [0.2, 0.25) is 0 Å². The first kappa shape index (κ1) is 7.40. The summed E-state index contributed by atoms with van der Waals surface area (Å²) in [4.78, 5) is 0. The second-order valence-electron chi connectivity index (χ2n) is 1.31. The molecular formula is C4H9BrO2. The molecule has 2 N–H and O–H groups in total. The summed E-state index contributed by atoms with van der Waals surface area (Å²) in [7, 11) is 0. The number of aliphatic hydroxyl groups is 2. The molecule has 7 heavy (non-hydrogen) atoms. The molecule has 0 rings (SSSR count). The third-order valence-electron chi connectivity index (χ3n) is 0.653. The Bertz CT molecular complexity index is 40.7. The fourth-order valence-corrected chi connectivity index (χ4v) is 0.746. The van der Waals surface area contributed by atoms with E-state index in [0.29, 0.717) is 6.42 Å². The third kappa shape index (κ3) is 4.25. The molecule has 2 nitrogen and oxygen atoms in total. The Balaban J connectivity index is 2.83. The van der Waals surface area contributed by atoms with Gasteiger partial charge in [0.1, 0.15) is 0 Å². The first-order valence-corrected chi connectivity index (χ1v) is 3.28. The van der Waals surface area contributed by atoms with Crippen LogP contribution in [0.4, 0.5) is 0 Å². The minimum absolute atomic E-state index is 0.133. The van der Waals surface area contributed by atoms with Gasteiger partial charge in [-0.15, -0.1) is 0 Å². The topological polar surface area (TPSA) is 40.5 Å². The Kier molecular flexibility index (Phi) is 4.82. The summed E-state index contributed by atoms with van der Waals surface area (Å²) < 4.78 is 0. The van der Waals surface area contributed by atoms with E-state index in [2.05, 4.69) is 15.9 Å². The molecule has 0 fully saturated rings. The first-order chi connectivity index (χ1) is 3.31. The van der Waals surface area contributed by atoms with Crippen LogP contribution >= 0.6 is 15.9 Å². The molecule has 0 saturated heterocycles. The standard InChI is InChI=1S/C4H9BrO2/c5-2-1-4(7)3-6/h4,6-7H,1-3H2/t4-/m1/s1. The highest BCUT2D eigenvalue weighted by atomic mass is 79.9. The minimum Gasteiger partial charge on any atom is -0.394 e. The molecule has 0 unspecified atom stereocenters. The smallest absolute Gasteiger partial charge is 0.0778 e. The summed E-state index contributed by atoms with van der Waals surface area (Å²) in [5.74, 6) is 0. The summed E-state index contributed by atoms with van der Waals surface area (Å²) >= 11 is 3.12. The van der Waals surface area contributed by atoms with Crippen LogP contribution in [-0.4, -0.2) is 28.3 Å². The van der Waals surface area contributed by atoms with Crippen molar-refractivity contribution in [2.24, 2.45) is 0 Å². The highest BCUT2D eigenvalue weighted by molar-refractivity contribution is 9.09. The zero-order valence-electron chi connectivity index (χ0n) is 3.97. The van der Waals surface area contributed by atoms with E-state index in [1.807, 2.05) is 0 Å². The van der Waals surface area contributed by atoms with Gasteiger partial charge in [-0.2, -0.15) is 0 Å². The van der Waals surface area contributed by atoms with E-state index in [1.54, 1.807) is 0 Å². The fraction of sp³-hybridized carbons (Fsp3) is 1.00. The van der Waals surface area contributed by atoms with Crippen molar-refractivity contribution in [1.29, 1.82) is 0 Å². The van der Waals surface area contributed by atoms with Crippen LogP contribution in [0.3, 0.4) is 0 Å². The highest BCUT2D eigenvalue weighted by Gasteiger charge is 1.96. The number of aliphatic hydroxyl groups excluding tert-OH is 2. The minimum atomic E-state index is -0.542. The van der Waals surface area contributed by atoms with Crippen molar-refractivity contribution < 1.29 is 10.2 Å². The lowest BCUT2D eigenvalue weighted by molar-refractivity contribution is 0.0934. The SMILES string of the molecule is OC[C@H](O)CCBr. The Morgan fingerprint density at radius 2 is 2.14 bits per heavy atom. The summed E-state index contributed by atoms with van der Waals surface area (Å²) in [6, 6.07) is 0. The van der Waals surface area contributed by atoms with Gasteiger partial charge in [-0.3, -0.25) is 0 Å². The molecule has 0 aliphatic rings. The molecule has 0 bridgehead atoms. The van der Waals surface area contributed by atoms with Crippen molar-refractivity contribution >= 4 is 15.9 Å². The molecule has 0 radical (unpaired) electrons. The average Bonchev–Trinajstić information content (AvgIpc) is 1.68. The fourth-order valence-electron chi connectivity index (χ4n) is 0.217. The van der Waals surface area contributed by atoms with Crippen molar-refractivity contribution in [2.75, 3.05) is 11.9 Å². The van der Waals surface area contributed by atoms with Gasteiger partial charge in [0, 0.05) is 5.33 Å². The van der Waals surface area contributed by atoms with Gasteiger partial charge in [0.05, 0.1) is 12.7 Å². The lowest BCUT2D eigenvalue weighted by Gasteiger charge is -2.00. The zero-order chi connectivity index (χ0) is 5.70. The molecule has 0 aliphatic carbocycles. The molecule has 1 atom stereocenters. The zero-order valence-corrected chi connectivity index (χ0v) is 5.56. The van der Waals surface area contributed by atoms with Crippen LogP contribution in [0.15, 0.2) is 0 Å². The van der Waals surface area contributed by atoms with E-state index < -0.39 is 6.10 Å². The summed E-state index contributed by atoms with van der Waals surface area (Å²) in [6.45, 7) is -0.133. The van der Waals surface area contributed by atoms with Gasteiger partial charge in [-0.25, -0.2) is 0 Å². The van der Waals surface area contributed by atoms with E-state index in [4.69, 9.17) is 10.2 Å². The maximum absolute atomic E-state index is 8.58. The number of rotatable bonds is 3. The largest absolute Gasteiger partial charge is 0.394 e. The maximum Gasteiger partial charge on any atom is 0.0778 e. The molecule has 0 aromatic heterocycles. The normalized spacial score (nSPS) is 14.1. The molecule has 0 aromatic carbocycles. The second kappa shape index (κ2) is 4.56. The molecule has 0 aromatic rings. The summed E-state index contributed by atoms with van der Waals surface area (Å²) in [6.07, 6.45) is 0.0793. The van der Waals surface area contributed by atoms with Crippen molar-refractivity contribution in [3.05, 3.63) is 0 Å². The molecular weight excluding hydrogens is 160 g/mol. The second-order valence-corrected chi connectivity index (χ2v) is 2.11. The van der Waals surface area contributed by atoms with Crippen molar-refractivity contribution in [3.63, 3.8) is 0 Å². The molecule has 0 heterocycles. The third-order valence-corrected chi connectivity index (χ3v) is 1.11. The van der Waals surface area contributed by atoms with Crippen LogP contribution in [-0.2, 0) is 0 Å². The van der Waals surface area contributed by atoms with Crippen LogP contribution in [0, 0.1) is 0 Å². The van der Waals surface area contributed by atoms with Gasteiger partial charge >= 0.3 is 0 Å². The van der Waals surface area contributed by atoms with Crippen LogP contribution in [0.1, 0.15) is 6.42 Å². The quantitative estimate of drug-likeness (QED) is 0.589. The number of hydrogen-bond donors (Lipinski definition) is 2. The van der Waals surface area contributed by atoms with Crippen LogP contribution < -0.4 is 0 Å². The first-order valence-electron chi connectivity index (χ1n) is 2.16. The Labute approximate surface area is 51.3 Å². The highest BCUT2D eigenvalue weighted by Crippen LogP contribution is 1.92. The predicted octanol–water partition coefficient (Wildman–Crippen LogP) is 0.125. The Morgan fingerprint density at radius 3 is 2.29 bits per heavy atom. The predicted molar refractivity (Wildman–Crippen MR) is 31.5 cm³/mol. The van der Waals surface area contributed by atoms with Gasteiger partial charge < -0.3 is 10.2 Å². The number of alkyl halides is 1. The van der Waals surface area contributed by atoms with Gasteiger partial charge in [-0.05, 0) is 6.42 Å². The van der Waals surface area contributed by atoms with Crippen molar-refractivity contribution in [1.82, 2.24) is 0 Å². The molecule has 0 saturated carbocycles. The van der Waals surface area contributed by atoms with E-state index in [9.17, 15) is 0 Å². The lowest BCUT2D eigenvalue weighted by Crippen LogP contribution is -2.11. The number of halogens is 1. The molecule has 0 amide bonds. The van der Waals surface area contributed by atoms with Gasteiger partial charge in [0.2, 0.25) is 0 Å². The van der Waals surface area contributed by atoms with Crippen molar-refractivity contribution in [2.45, 2.75) is 12.5 Å². The lowest BCUT2D eigenvalue weighted by atomic mass is 10.3. The average molecular weight is 169 g/mol. The number of hydrogen-bond acceptors (Lipinski definition) is 2. The Hall–Kier alpha value is 0.400.